The molecule has 4 rings (SSSR count). The third-order valence-corrected chi connectivity index (χ3v) is 5.60. The van der Waals surface area contributed by atoms with Crippen molar-refractivity contribution in [3.05, 3.63) is 95.1 Å². The Balaban J connectivity index is 1.97. The van der Waals surface area contributed by atoms with Crippen molar-refractivity contribution in [3.63, 3.8) is 0 Å². The molecule has 0 saturated carbocycles. The number of Topliss-reactive ketones (excluding diaryl/α,β-unsaturated/α-hetero) is 1. The van der Waals surface area contributed by atoms with E-state index in [0.717, 1.165) is 11.1 Å². The number of aryl methyl sites for hydroxylation is 1. The van der Waals surface area contributed by atoms with Crippen LogP contribution in [0.2, 0.25) is 0 Å². The number of nitrogens with zero attached hydrogens (tertiary/aromatic N) is 1. The van der Waals surface area contributed by atoms with E-state index in [1.54, 1.807) is 48.5 Å². The van der Waals surface area contributed by atoms with Crippen molar-refractivity contribution < 1.29 is 24.2 Å². The molecule has 3 aromatic rings. The number of rotatable bonds is 5. The van der Waals surface area contributed by atoms with E-state index in [-0.39, 0.29) is 11.3 Å². The third-order valence-electron chi connectivity index (χ3n) is 5.60. The number of carbonyl (C=O) groups excluding carboxylic acids is 2. The number of hydrogen-bond acceptors (Lipinski definition) is 5. The lowest BCUT2D eigenvalue weighted by Gasteiger charge is -2.27. The van der Waals surface area contributed by atoms with Gasteiger partial charge in [-0.3, -0.25) is 14.5 Å². The van der Waals surface area contributed by atoms with Crippen molar-refractivity contribution in [2.45, 2.75) is 13.0 Å². The van der Waals surface area contributed by atoms with Crippen LogP contribution >= 0.6 is 0 Å². The number of aliphatic hydroxyl groups is 1. The van der Waals surface area contributed by atoms with Crippen LogP contribution in [0.15, 0.2) is 78.4 Å². The van der Waals surface area contributed by atoms with Crippen LogP contribution in [0.5, 0.6) is 11.5 Å². The summed E-state index contributed by atoms with van der Waals surface area (Å²) >= 11 is 0. The van der Waals surface area contributed by atoms with Crippen LogP contribution in [-0.4, -0.2) is 31.0 Å². The molecule has 0 aromatic heterocycles. The summed E-state index contributed by atoms with van der Waals surface area (Å²) in [6.07, 6.45) is 0. The van der Waals surface area contributed by atoms with Crippen LogP contribution in [0.25, 0.3) is 5.76 Å². The van der Waals surface area contributed by atoms with Crippen LogP contribution in [0, 0.1) is 6.92 Å². The molecule has 6 heteroatoms. The molecule has 1 aliphatic rings. The minimum absolute atomic E-state index is 0.0281. The van der Waals surface area contributed by atoms with Gasteiger partial charge < -0.3 is 14.6 Å². The number of benzene rings is 3. The van der Waals surface area contributed by atoms with Gasteiger partial charge in [0.15, 0.2) is 0 Å². The van der Waals surface area contributed by atoms with E-state index < -0.39 is 17.7 Å². The van der Waals surface area contributed by atoms with E-state index in [1.807, 2.05) is 31.2 Å². The van der Waals surface area contributed by atoms with Gasteiger partial charge in [-0.15, -0.1) is 0 Å². The predicted molar refractivity (Wildman–Crippen MR) is 122 cm³/mol. The summed E-state index contributed by atoms with van der Waals surface area (Å²) in [7, 11) is 3.06. The molecule has 1 unspecified atom stereocenters. The number of ketones is 1. The fraction of sp³-hybridized carbons (Fsp3) is 0.154. The normalized spacial score (nSPS) is 17.5. The van der Waals surface area contributed by atoms with Crippen molar-refractivity contribution in [1.82, 2.24) is 0 Å². The topological polar surface area (TPSA) is 76.1 Å². The first-order chi connectivity index (χ1) is 15.5. The highest BCUT2D eigenvalue weighted by Gasteiger charge is 2.47. The van der Waals surface area contributed by atoms with E-state index in [2.05, 4.69) is 0 Å². The van der Waals surface area contributed by atoms with Crippen molar-refractivity contribution >= 4 is 23.1 Å². The lowest BCUT2D eigenvalue weighted by Crippen LogP contribution is -2.29. The Labute approximate surface area is 186 Å². The lowest BCUT2D eigenvalue weighted by molar-refractivity contribution is -0.132. The average Bonchev–Trinajstić information content (AvgIpc) is 3.09. The van der Waals surface area contributed by atoms with E-state index in [0.29, 0.717) is 22.7 Å². The van der Waals surface area contributed by atoms with Gasteiger partial charge in [-0.25, -0.2) is 0 Å². The minimum Gasteiger partial charge on any atom is -0.507 e. The second-order valence-electron chi connectivity index (χ2n) is 7.46. The summed E-state index contributed by atoms with van der Waals surface area (Å²) in [5, 5.41) is 11.2. The Bertz CT molecular complexity index is 1230. The Morgan fingerprint density at radius 2 is 1.53 bits per heavy atom. The Kier molecular flexibility index (Phi) is 5.69. The standard InChI is InChI=1S/C26H23NO5/c1-16-8-4-5-13-21(16)23-22(24(28)17-9-6-11-19(14-17)31-2)25(29)26(30)27(23)18-10-7-12-20(15-18)32-3/h4-15,23,28H,1-3H3/b24-22+. The van der Waals surface area contributed by atoms with Crippen molar-refractivity contribution in [3.8, 4) is 11.5 Å². The molecular formula is C26H23NO5. The smallest absolute Gasteiger partial charge is 0.300 e. The summed E-state index contributed by atoms with van der Waals surface area (Å²) in [5.41, 5.74) is 2.57. The molecule has 0 radical (unpaired) electrons. The molecule has 1 saturated heterocycles. The van der Waals surface area contributed by atoms with E-state index in [4.69, 9.17) is 9.47 Å². The molecule has 162 valence electrons. The monoisotopic (exact) mass is 429 g/mol. The van der Waals surface area contributed by atoms with Gasteiger partial charge in [0.1, 0.15) is 17.3 Å². The second-order valence-corrected chi connectivity index (χ2v) is 7.46. The maximum absolute atomic E-state index is 13.2. The number of anilines is 1. The van der Waals surface area contributed by atoms with Crippen molar-refractivity contribution in [2.75, 3.05) is 19.1 Å². The van der Waals surface area contributed by atoms with Gasteiger partial charge in [0.2, 0.25) is 0 Å². The number of amides is 1. The maximum atomic E-state index is 13.2. The average molecular weight is 429 g/mol. The zero-order chi connectivity index (χ0) is 22.8. The quantitative estimate of drug-likeness (QED) is 0.363. The third kappa shape index (κ3) is 3.60. The van der Waals surface area contributed by atoms with Gasteiger partial charge >= 0.3 is 0 Å². The number of aliphatic hydroxyl groups excluding tert-OH is 1. The first-order valence-electron chi connectivity index (χ1n) is 10.1. The predicted octanol–water partition coefficient (Wildman–Crippen LogP) is 4.64. The maximum Gasteiger partial charge on any atom is 0.300 e. The molecular weight excluding hydrogens is 406 g/mol. The highest BCUT2D eigenvalue weighted by molar-refractivity contribution is 6.51. The van der Waals surface area contributed by atoms with Gasteiger partial charge in [-0.05, 0) is 42.3 Å². The lowest BCUT2D eigenvalue weighted by atomic mass is 9.92. The molecule has 3 aromatic carbocycles. The molecule has 1 heterocycles. The van der Waals surface area contributed by atoms with E-state index in [9.17, 15) is 14.7 Å². The minimum atomic E-state index is -0.797. The summed E-state index contributed by atoms with van der Waals surface area (Å²) in [6, 6.07) is 20.4. The summed E-state index contributed by atoms with van der Waals surface area (Å²) in [4.78, 5) is 27.9. The van der Waals surface area contributed by atoms with Gasteiger partial charge in [0.25, 0.3) is 11.7 Å². The van der Waals surface area contributed by atoms with Crippen LogP contribution < -0.4 is 14.4 Å². The van der Waals surface area contributed by atoms with E-state index >= 15 is 0 Å². The Morgan fingerprint density at radius 1 is 0.875 bits per heavy atom. The highest BCUT2D eigenvalue weighted by Crippen LogP contribution is 2.43. The van der Waals surface area contributed by atoms with Gasteiger partial charge in [-0.2, -0.15) is 0 Å². The van der Waals surface area contributed by atoms with Gasteiger partial charge in [0.05, 0.1) is 25.8 Å². The molecule has 0 spiro atoms. The SMILES string of the molecule is COc1cccc(/C(O)=C2\C(=O)C(=O)N(c3cccc(OC)c3)C2c2ccccc2C)c1. The molecule has 1 N–H and O–H groups in total. The van der Waals surface area contributed by atoms with Crippen molar-refractivity contribution in [1.29, 1.82) is 0 Å². The second kappa shape index (κ2) is 8.59. The zero-order valence-corrected chi connectivity index (χ0v) is 18.0. The van der Waals surface area contributed by atoms with E-state index in [1.165, 1.54) is 19.1 Å². The summed E-state index contributed by atoms with van der Waals surface area (Å²) < 4.78 is 10.6. The Hall–Kier alpha value is -4.06. The molecule has 1 amide bonds. The zero-order valence-electron chi connectivity index (χ0n) is 18.0. The number of ether oxygens (including phenoxy) is 2. The molecule has 1 atom stereocenters. The fourth-order valence-corrected chi connectivity index (χ4v) is 3.97. The number of methoxy groups -OCH3 is 2. The first kappa shape index (κ1) is 21.2. The fourth-order valence-electron chi connectivity index (χ4n) is 3.97. The van der Waals surface area contributed by atoms with Crippen LogP contribution in [0.4, 0.5) is 5.69 Å². The van der Waals surface area contributed by atoms with Crippen LogP contribution in [0.1, 0.15) is 22.7 Å². The van der Waals surface area contributed by atoms with Crippen molar-refractivity contribution in [2.24, 2.45) is 0 Å². The molecule has 0 bridgehead atoms. The Morgan fingerprint density at radius 3 is 2.22 bits per heavy atom. The first-order valence-corrected chi connectivity index (χ1v) is 10.1. The van der Waals surface area contributed by atoms with Gasteiger partial charge in [0, 0.05) is 17.3 Å². The summed E-state index contributed by atoms with van der Waals surface area (Å²) in [6.45, 7) is 1.91. The van der Waals surface area contributed by atoms with Crippen LogP contribution in [0.3, 0.4) is 0 Å². The number of hydrogen-bond donors (Lipinski definition) is 1. The molecule has 1 aliphatic heterocycles. The van der Waals surface area contributed by atoms with Crippen LogP contribution in [-0.2, 0) is 9.59 Å². The molecule has 1 fully saturated rings. The molecule has 32 heavy (non-hydrogen) atoms. The highest BCUT2D eigenvalue weighted by atomic mass is 16.5. The summed E-state index contributed by atoms with van der Waals surface area (Å²) in [5.74, 6) is -0.623. The van der Waals surface area contributed by atoms with Gasteiger partial charge in [-0.1, -0.05) is 42.5 Å². The number of carbonyl (C=O) groups is 2. The molecule has 0 aliphatic carbocycles. The largest absolute Gasteiger partial charge is 0.507 e. The molecule has 6 nitrogen and oxygen atoms in total.